The Morgan fingerprint density at radius 2 is 2.05 bits per heavy atom. The molecule has 0 aliphatic heterocycles. The summed E-state index contributed by atoms with van der Waals surface area (Å²) in [7, 11) is 1.69. The summed E-state index contributed by atoms with van der Waals surface area (Å²) in [6.07, 6.45) is 0.829. The Labute approximate surface area is 122 Å². The maximum absolute atomic E-state index is 13.9. The summed E-state index contributed by atoms with van der Waals surface area (Å²) in [5, 5.41) is 2.85. The molecule has 2 aromatic heterocycles. The summed E-state index contributed by atoms with van der Waals surface area (Å²) in [6, 6.07) is 4.51. The smallest absolute Gasteiger partial charge is 0.168 e. The molecule has 2 heterocycles. The topological polar surface area (TPSA) is 41.3 Å². The van der Waals surface area contributed by atoms with Crippen molar-refractivity contribution in [3.8, 4) is 0 Å². The van der Waals surface area contributed by atoms with Crippen LogP contribution in [0.4, 0.5) is 20.4 Å². The normalized spacial score (nSPS) is 10.7. The summed E-state index contributed by atoms with van der Waals surface area (Å²) in [6.45, 7) is 4.74. The molecule has 0 atom stereocenters. The van der Waals surface area contributed by atoms with Gasteiger partial charge < -0.3 is 14.6 Å². The van der Waals surface area contributed by atoms with Crippen molar-refractivity contribution in [2.45, 2.75) is 26.8 Å². The molecule has 2 aromatic rings. The molecular weight excluding hydrogens is 276 g/mol. The highest BCUT2D eigenvalue weighted by molar-refractivity contribution is 5.49. The summed E-state index contributed by atoms with van der Waals surface area (Å²) in [4.78, 5) is 5.62. The highest BCUT2D eigenvalue weighted by atomic mass is 19.1. The van der Waals surface area contributed by atoms with Gasteiger partial charge >= 0.3 is 0 Å². The third kappa shape index (κ3) is 3.71. The van der Waals surface area contributed by atoms with Crippen LogP contribution in [0.2, 0.25) is 0 Å². The van der Waals surface area contributed by atoms with Crippen LogP contribution in [0.3, 0.4) is 0 Å². The van der Waals surface area contributed by atoms with E-state index in [9.17, 15) is 8.78 Å². The highest BCUT2D eigenvalue weighted by Crippen LogP contribution is 2.23. The van der Waals surface area contributed by atoms with Crippen molar-refractivity contribution < 1.29 is 13.2 Å². The predicted molar refractivity (Wildman–Crippen MR) is 78.5 cm³/mol. The van der Waals surface area contributed by atoms with Crippen molar-refractivity contribution in [1.29, 1.82) is 0 Å². The van der Waals surface area contributed by atoms with Gasteiger partial charge in [0.25, 0.3) is 0 Å². The molecule has 0 saturated carbocycles. The molecule has 0 bridgehead atoms. The number of halogens is 2. The van der Waals surface area contributed by atoms with Gasteiger partial charge in [-0.1, -0.05) is 6.92 Å². The first-order chi connectivity index (χ1) is 10.0. The molecule has 0 aliphatic carbocycles. The molecule has 0 aliphatic rings. The molecular formula is C15H19F2N3O. The van der Waals surface area contributed by atoms with Gasteiger partial charge in [0, 0.05) is 19.7 Å². The Bertz CT molecular complexity index is 613. The lowest BCUT2D eigenvalue weighted by molar-refractivity contribution is 0.479. The minimum Gasteiger partial charge on any atom is -0.464 e. The summed E-state index contributed by atoms with van der Waals surface area (Å²) in [5.74, 6) is 0.256. The Morgan fingerprint density at radius 3 is 2.67 bits per heavy atom. The van der Waals surface area contributed by atoms with E-state index in [1.807, 2.05) is 26.0 Å². The molecule has 0 fully saturated rings. The van der Waals surface area contributed by atoms with Gasteiger partial charge in [-0.15, -0.1) is 0 Å². The number of pyridine rings is 1. The monoisotopic (exact) mass is 295 g/mol. The molecule has 0 aromatic carbocycles. The standard InChI is InChI=1S/C15H19F2N3O/c1-4-7-18-14-12(16)8-13(17)15(19-14)20(3)9-11-6-5-10(2)21-11/h5-6,8H,4,7,9H2,1-3H3,(H,18,19). The highest BCUT2D eigenvalue weighted by Gasteiger charge is 2.16. The Morgan fingerprint density at radius 1 is 1.29 bits per heavy atom. The minimum atomic E-state index is -0.694. The Kier molecular flexibility index (Phi) is 4.77. The first-order valence-corrected chi connectivity index (χ1v) is 6.87. The van der Waals surface area contributed by atoms with Crippen molar-refractivity contribution in [2.75, 3.05) is 23.8 Å². The van der Waals surface area contributed by atoms with Gasteiger partial charge in [-0.2, -0.15) is 0 Å². The summed E-state index contributed by atoms with van der Waals surface area (Å²) >= 11 is 0. The van der Waals surface area contributed by atoms with E-state index in [2.05, 4.69) is 10.3 Å². The average molecular weight is 295 g/mol. The zero-order valence-electron chi connectivity index (χ0n) is 12.4. The second-order valence-electron chi connectivity index (χ2n) is 4.92. The lowest BCUT2D eigenvalue weighted by Crippen LogP contribution is -2.20. The van der Waals surface area contributed by atoms with E-state index in [0.717, 1.165) is 18.2 Å². The maximum atomic E-state index is 13.9. The van der Waals surface area contributed by atoms with Crippen LogP contribution >= 0.6 is 0 Å². The maximum Gasteiger partial charge on any atom is 0.168 e. The molecule has 2 rings (SSSR count). The molecule has 0 amide bonds. The first kappa shape index (κ1) is 15.3. The van der Waals surface area contributed by atoms with Crippen LogP contribution in [0.1, 0.15) is 24.9 Å². The molecule has 21 heavy (non-hydrogen) atoms. The third-order valence-corrected chi connectivity index (χ3v) is 3.00. The number of furan rings is 1. The van der Waals surface area contributed by atoms with E-state index in [4.69, 9.17) is 4.42 Å². The van der Waals surface area contributed by atoms with Gasteiger partial charge in [-0.3, -0.25) is 0 Å². The quantitative estimate of drug-likeness (QED) is 0.882. The number of hydrogen-bond donors (Lipinski definition) is 1. The average Bonchev–Trinajstić information content (AvgIpc) is 2.83. The van der Waals surface area contributed by atoms with Gasteiger partial charge in [0.1, 0.15) is 11.5 Å². The van der Waals surface area contributed by atoms with Crippen LogP contribution < -0.4 is 10.2 Å². The molecule has 1 N–H and O–H groups in total. The fourth-order valence-corrected chi connectivity index (χ4v) is 1.97. The Hall–Kier alpha value is -2.11. The lowest BCUT2D eigenvalue weighted by atomic mass is 10.3. The molecule has 4 nitrogen and oxygen atoms in total. The van der Waals surface area contributed by atoms with Crippen LogP contribution in [0.25, 0.3) is 0 Å². The summed E-state index contributed by atoms with van der Waals surface area (Å²) in [5.41, 5.74) is 0. The van der Waals surface area contributed by atoms with Crippen molar-refractivity contribution in [3.05, 3.63) is 41.4 Å². The number of nitrogens with zero attached hydrogens (tertiary/aromatic N) is 2. The zero-order valence-corrected chi connectivity index (χ0v) is 12.4. The molecule has 0 saturated heterocycles. The van der Waals surface area contributed by atoms with Gasteiger partial charge in [0.05, 0.1) is 6.54 Å². The number of anilines is 2. The number of aryl methyl sites for hydroxylation is 1. The molecule has 0 unspecified atom stereocenters. The summed E-state index contributed by atoms with van der Waals surface area (Å²) < 4.78 is 33.0. The van der Waals surface area contributed by atoms with E-state index < -0.39 is 11.6 Å². The lowest BCUT2D eigenvalue weighted by Gasteiger charge is -2.19. The number of hydrogen-bond acceptors (Lipinski definition) is 4. The fraction of sp³-hybridized carbons (Fsp3) is 0.400. The van der Waals surface area contributed by atoms with Crippen LogP contribution in [0.5, 0.6) is 0 Å². The van der Waals surface area contributed by atoms with Gasteiger partial charge in [-0.05, 0) is 25.5 Å². The van der Waals surface area contributed by atoms with E-state index in [0.29, 0.717) is 18.8 Å². The Balaban J connectivity index is 2.20. The number of nitrogens with one attached hydrogen (secondary N) is 1. The van der Waals surface area contributed by atoms with E-state index in [1.165, 1.54) is 0 Å². The predicted octanol–water partition coefficient (Wildman–Crippen LogP) is 3.72. The SMILES string of the molecule is CCCNc1nc(N(C)Cc2ccc(C)o2)c(F)cc1F. The van der Waals surface area contributed by atoms with Gasteiger partial charge in [0.15, 0.2) is 23.3 Å². The second-order valence-corrected chi connectivity index (χ2v) is 4.92. The molecule has 0 spiro atoms. The van der Waals surface area contributed by atoms with Crippen LogP contribution in [0, 0.1) is 18.6 Å². The second kappa shape index (κ2) is 6.56. The van der Waals surface area contributed by atoms with Gasteiger partial charge in [-0.25, -0.2) is 13.8 Å². The minimum absolute atomic E-state index is 0.0655. The van der Waals surface area contributed by atoms with Crippen LogP contribution in [-0.4, -0.2) is 18.6 Å². The van der Waals surface area contributed by atoms with Crippen LogP contribution in [0.15, 0.2) is 22.6 Å². The number of aromatic nitrogens is 1. The van der Waals surface area contributed by atoms with E-state index in [-0.39, 0.29) is 11.6 Å². The van der Waals surface area contributed by atoms with Crippen molar-refractivity contribution in [2.24, 2.45) is 0 Å². The molecule has 6 heteroatoms. The fourth-order valence-electron chi connectivity index (χ4n) is 1.97. The van der Waals surface area contributed by atoms with Crippen molar-refractivity contribution >= 4 is 11.6 Å². The third-order valence-electron chi connectivity index (χ3n) is 3.00. The van der Waals surface area contributed by atoms with Gasteiger partial charge in [0.2, 0.25) is 0 Å². The molecule has 114 valence electrons. The zero-order chi connectivity index (χ0) is 15.4. The molecule has 0 radical (unpaired) electrons. The van der Waals surface area contributed by atoms with Crippen molar-refractivity contribution in [3.63, 3.8) is 0 Å². The van der Waals surface area contributed by atoms with Crippen LogP contribution in [-0.2, 0) is 6.54 Å². The van der Waals surface area contributed by atoms with Crippen molar-refractivity contribution in [1.82, 2.24) is 4.98 Å². The van der Waals surface area contributed by atoms with E-state index in [1.54, 1.807) is 11.9 Å². The first-order valence-electron chi connectivity index (χ1n) is 6.87. The van der Waals surface area contributed by atoms with E-state index >= 15 is 0 Å². The number of rotatable bonds is 6. The largest absolute Gasteiger partial charge is 0.464 e.